The van der Waals surface area contributed by atoms with Gasteiger partial charge in [0.1, 0.15) is 0 Å². The predicted octanol–water partition coefficient (Wildman–Crippen LogP) is 4.96. The van der Waals surface area contributed by atoms with E-state index in [9.17, 15) is 0 Å². The van der Waals surface area contributed by atoms with Crippen molar-refractivity contribution in [3.8, 4) is 0 Å². The largest absolute Gasteiger partial charge is 0.324 e. The Morgan fingerprint density at radius 2 is 1.60 bits per heavy atom. The minimum atomic E-state index is 0.448. The third kappa shape index (κ3) is 2.67. The quantitative estimate of drug-likeness (QED) is 0.578. The average Bonchev–Trinajstić information content (AvgIpc) is 3.19. The highest BCUT2D eigenvalue weighted by atomic mass is 15.4. The molecule has 0 amide bonds. The van der Waals surface area contributed by atoms with Crippen LogP contribution in [0.2, 0.25) is 0 Å². The summed E-state index contributed by atoms with van der Waals surface area (Å²) in [7, 11) is 4.93. The van der Waals surface area contributed by atoms with Gasteiger partial charge in [-0.25, -0.2) is 0 Å². The molecule has 118 valence electrons. The van der Waals surface area contributed by atoms with Gasteiger partial charge < -0.3 is 4.48 Å². The third-order valence-corrected chi connectivity index (χ3v) is 7.94. The van der Waals surface area contributed by atoms with Crippen molar-refractivity contribution in [1.82, 2.24) is 0 Å². The maximum atomic E-state index is 2.56. The Hall–Kier alpha value is -0.0400. The lowest BCUT2D eigenvalue weighted by atomic mass is 9.89. The average molecular weight is 281 g/mol. The number of hydrogen-bond donors (Lipinski definition) is 0. The molecule has 20 heavy (non-hydrogen) atoms. The van der Waals surface area contributed by atoms with Crippen LogP contribution in [-0.2, 0) is 0 Å². The Balaban J connectivity index is 1.92. The summed E-state index contributed by atoms with van der Waals surface area (Å²) in [5, 5.41) is 0. The van der Waals surface area contributed by atoms with Crippen LogP contribution in [0.1, 0.15) is 67.2 Å². The maximum Gasteiger partial charge on any atom is 0.0954 e. The second-order valence-electron chi connectivity index (χ2n) is 9.21. The van der Waals surface area contributed by atoms with Crippen molar-refractivity contribution in [3.63, 3.8) is 0 Å². The summed E-state index contributed by atoms with van der Waals surface area (Å²) in [6, 6.07) is 0. The minimum Gasteiger partial charge on any atom is -0.324 e. The molecule has 0 N–H and O–H groups in total. The van der Waals surface area contributed by atoms with Crippen LogP contribution in [0.25, 0.3) is 0 Å². The molecule has 0 bridgehead atoms. The molecule has 4 atom stereocenters. The zero-order chi connectivity index (χ0) is 15.3. The van der Waals surface area contributed by atoms with Gasteiger partial charge in [-0.3, -0.25) is 0 Å². The van der Waals surface area contributed by atoms with Crippen LogP contribution in [0, 0.1) is 29.1 Å². The molecule has 2 saturated carbocycles. The normalized spacial score (nSPS) is 40.8. The Bertz CT molecular complexity index is 347. The van der Waals surface area contributed by atoms with Crippen LogP contribution in [-0.4, -0.2) is 30.7 Å². The lowest BCUT2D eigenvalue weighted by Gasteiger charge is -2.47. The lowest BCUT2D eigenvalue weighted by molar-refractivity contribution is -0.942. The molecule has 2 rings (SSSR count). The fourth-order valence-corrected chi connectivity index (χ4v) is 4.59. The topological polar surface area (TPSA) is 0 Å². The molecule has 2 aliphatic rings. The molecular weight excluding hydrogens is 242 g/mol. The molecule has 1 heteroatoms. The van der Waals surface area contributed by atoms with Gasteiger partial charge in [-0.2, -0.15) is 0 Å². The summed E-state index contributed by atoms with van der Waals surface area (Å²) in [6.07, 6.45) is 5.55. The maximum absolute atomic E-state index is 2.56. The van der Waals surface area contributed by atoms with E-state index in [-0.39, 0.29) is 0 Å². The van der Waals surface area contributed by atoms with Gasteiger partial charge >= 0.3 is 0 Å². The van der Waals surface area contributed by atoms with Crippen LogP contribution in [0.5, 0.6) is 0 Å². The van der Waals surface area contributed by atoms with Gasteiger partial charge in [0, 0.05) is 5.92 Å². The number of nitrogens with zero attached hydrogens (tertiary/aromatic N) is 1. The second kappa shape index (κ2) is 5.00. The predicted molar refractivity (Wildman–Crippen MR) is 88.6 cm³/mol. The van der Waals surface area contributed by atoms with Crippen molar-refractivity contribution in [2.45, 2.75) is 72.8 Å². The van der Waals surface area contributed by atoms with Crippen molar-refractivity contribution in [1.29, 1.82) is 0 Å². The molecule has 0 aliphatic heterocycles. The minimum absolute atomic E-state index is 0.448. The lowest BCUT2D eigenvalue weighted by Crippen LogP contribution is -2.58. The van der Waals surface area contributed by atoms with Crippen molar-refractivity contribution in [2.24, 2.45) is 29.1 Å². The van der Waals surface area contributed by atoms with Gasteiger partial charge in [0.05, 0.1) is 26.2 Å². The molecule has 2 aliphatic carbocycles. The number of quaternary nitrogens is 1. The van der Waals surface area contributed by atoms with Crippen LogP contribution in [0.15, 0.2) is 0 Å². The Kier molecular flexibility index (Phi) is 4.09. The van der Waals surface area contributed by atoms with E-state index in [2.05, 4.69) is 55.6 Å². The molecule has 0 aromatic rings. The molecule has 0 heterocycles. The first-order chi connectivity index (χ1) is 9.10. The summed E-state index contributed by atoms with van der Waals surface area (Å²) in [4.78, 5) is 0. The highest BCUT2D eigenvalue weighted by Gasteiger charge is 2.58. The van der Waals surface area contributed by atoms with Gasteiger partial charge in [0.2, 0.25) is 0 Å². The summed E-state index contributed by atoms with van der Waals surface area (Å²) < 4.78 is 1.20. The molecule has 4 unspecified atom stereocenters. The number of hydrogen-bond acceptors (Lipinski definition) is 0. The van der Waals surface area contributed by atoms with Gasteiger partial charge in [0.25, 0.3) is 0 Å². The van der Waals surface area contributed by atoms with Gasteiger partial charge in [-0.05, 0) is 55.8 Å². The first-order valence-electron chi connectivity index (χ1n) is 8.93. The van der Waals surface area contributed by atoms with E-state index in [4.69, 9.17) is 0 Å². The smallest absolute Gasteiger partial charge is 0.0954 e. The van der Waals surface area contributed by atoms with Gasteiger partial charge in [-0.1, -0.05) is 34.6 Å². The van der Waals surface area contributed by atoms with Gasteiger partial charge in [0.15, 0.2) is 0 Å². The van der Waals surface area contributed by atoms with E-state index < -0.39 is 0 Å². The highest BCUT2D eigenvalue weighted by molar-refractivity contribution is 5.05. The van der Waals surface area contributed by atoms with Crippen LogP contribution in [0.4, 0.5) is 0 Å². The van der Waals surface area contributed by atoms with Crippen molar-refractivity contribution < 1.29 is 4.48 Å². The van der Waals surface area contributed by atoms with Gasteiger partial charge in [-0.15, -0.1) is 0 Å². The van der Waals surface area contributed by atoms with E-state index in [1.165, 1.54) is 36.7 Å². The van der Waals surface area contributed by atoms with E-state index in [1.54, 1.807) is 0 Å². The summed E-state index contributed by atoms with van der Waals surface area (Å²) in [5.41, 5.74) is 1.12. The zero-order valence-corrected chi connectivity index (χ0v) is 15.3. The molecule has 0 radical (unpaired) electrons. The Morgan fingerprint density at radius 3 is 2.00 bits per heavy atom. The van der Waals surface area contributed by atoms with E-state index >= 15 is 0 Å². The fourth-order valence-electron chi connectivity index (χ4n) is 4.59. The first kappa shape index (κ1) is 16.3. The fraction of sp³-hybridized carbons (Fsp3) is 1.00. The highest BCUT2D eigenvalue weighted by Crippen LogP contribution is 2.63. The van der Waals surface area contributed by atoms with E-state index in [0.29, 0.717) is 11.0 Å². The Labute approximate surface area is 127 Å². The van der Waals surface area contributed by atoms with E-state index in [0.717, 1.165) is 23.7 Å². The molecule has 0 aromatic carbocycles. The third-order valence-electron chi connectivity index (χ3n) is 7.94. The standard InChI is InChI=1S/C19H38N/c1-9-19(6,10-2)20(7,8)13-16-11-18(16,5)12-17-14(3)15(17)4/h14-17H,9-13H2,1-8H3/q+1. The molecular formula is C19H38N+. The zero-order valence-electron chi connectivity index (χ0n) is 15.3. The monoisotopic (exact) mass is 280 g/mol. The second-order valence-corrected chi connectivity index (χ2v) is 9.21. The Morgan fingerprint density at radius 1 is 1.10 bits per heavy atom. The first-order valence-corrected chi connectivity index (χ1v) is 8.93. The molecule has 0 saturated heterocycles. The molecule has 0 aromatic heterocycles. The van der Waals surface area contributed by atoms with Crippen LogP contribution >= 0.6 is 0 Å². The van der Waals surface area contributed by atoms with Crippen molar-refractivity contribution >= 4 is 0 Å². The van der Waals surface area contributed by atoms with Crippen molar-refractivity contribution in [2.75, 3.05) is 20.6 Å². The summed E-state index contributed by atoms with van der Waals surface area (Å²) in [5.74, 6) is 3.98. The van der Waals surface area contributed by atoms with Crippen LogP contribution < -0.4 is 0 Å². The molecule has 0 spiro atoms. The summed E-state index contributed by atoms with van der Waals surface area (Å²) >= 11 is 0. The molecule has 1 nitrogen and oxygen atoms in total. The summed E-state index contributed by atoms with van der Waals surface area (Å²) in [6.45, 7) is 16.0. The van der Waals surface area contributed by atoms with Crippen molar-refractivity contribution in [3.05, 3.63) is 0 Å². The molecule has 2 fully saturated rings. The van der Waals surface area contributed by atoms with Crippen LogP contribution in [0.3, 0.4) is 0 Å². The number of rotatable bonds is 7. The van der Waals surface area contributed by atoms with E-state index in [1.807, 2.05) is 0 Å². The SMILES string of the molecule is CCC(C)(CC)[N+](C)(C)CC1CC1(C)CC1C(C)C1C.